The summed E-state index contributed by atoms with van der Waals surface area (Å²) in [6.45, 7) is 0.0390. The standard InChI is InChI=1S/C19H26N2O2/c20-18-9-5-14(6-10-18)3-7-17-8-4-15(11-19(17)21)1-2-16(12-22)13-23/h4-6,8-11,16,22-23H,1-3,7,12-13,20-21H2. The number of hydrogen-bond donors (Lipinski definition) is 4. The number of aliphatic hydroxyl groups is 2. The van der Waals surface area contributed by atoms with E-state index in [4.69, 9.17) is 21.7 Å². The van der Waals surface area contributed by atoms with E-state index in [1.165, 1.54) is 5.56 Å². The first-order valence-electron chi connectivity index (χ1n) is 8.05. The van der Waals surface area contributed by atoms with Crippen molar-refractivity contribution in [3.05, 3.63) is 59.2 Å². The molecule has 0 atom stereocenters. The Kier molecular flexibility index (Phi) is 6.44. The predicted octanol–water partition coefficient (Wildman–Crippen LogP) is 2.17. The first-order chi connectivity index (χ1) is 11.1. The highest BCUT2D eigenvalue weighted by Crippen LogP contribution is 2.19. The molecule has 2 aromatic carbocycles. The van der Waals surface area contributed by atoms with Crippen molar-refractivity contribution in [2.45, 2.75) is 25.7 Å². The first kappa shape index (κ1) is 17.3. The molecule has 0 radical (unpaired) electrons. The van der Waals surface area contributed by atoms with Crippen molar-refractivity contribution in [1.29, 1.82) is 0 Å². The predicted molar refractivity (Wildman–Crippen MR) is 95.1 cm³/mol. The van der Waals surface area contributed by atoms with Gasteiger partial charge in [0, 0.05) is 30.5 Å². The van der Waals surface area contributed by atoms with Crippen LogP contribution in [0.4, 0.5) is 11.4 Å². The minimum absolute atomic E-state index is 0.0195. The second-order valence-electron chi connectivity index (χ2n) is 6.04. The summed E-state index contributed by atoms with van der Waals surface area (Å²) < 4.78 is 0. The number of aryl methyl sites for hydroxylation is 3. The van der Waals surface area contributed by atoms with Gasteiger partial charge in [-0.3, -0.25) is 0 Å². The number of nitrogen functional groups attached to an aromatic ring is 2. The molecular formula is C19H26N2O2. The minimum atomic E-state index is -0.0542. The molecule has 0 unspecified atom stereocenters. The van der Waals surface area contributed by atoms with Gasteiger partial charge in [0.05, 0.1) is 0 Å². The molecule has 4 nitrogen and oxygen atoms in total. The second kappa shape index (κ2) is 8.56. The van der Waals surface area contributed by atoms with Gasteiger partial charge < -0.3 is 21.7 Å². The van der Waals surface area contributed by atoms with Crippen molar-refractivity contribution in [1.82, 2.24) is 0 Å². The van der Waals surface area contributed by atoms with E-state index in [0.717, 1.165) is 48.2 Å². The van der Waals surface area contributed by atoms with Crippen LogP contribution in [0, 0.1) is 5.92 Å². The third-order valence-corrected chi connectivity index (χ3v) is 4.23. The average Bonchev–Trinajstić information content (AvgIpc) is 2.56. The van der Waals surface area contributed by atoms with Crippen LogP contribution >= 0.6 is 0 Å². The average molecular weight is 314 g/mol. The third-order valence-electron chi connectivity index (χ3n) is 4.23. The van der Waals surface area contributed by atoms with Gasteiger partial charge in [-0.1, -0.05) is 24.3 Å². The monoisotopic (exact) mass is 314 g/mol. The Morgan fingerprint density at radius 1 is 0.783 bits per heavy atom. The minimum Gasteiger partial charge on any atom is -0.399 e. The summed E-state index contributed by atoms with van der Waals surface area (Å²) in [6.07, 6.45) is 3.40. The summed E-state index contributed by atoms with van der Waals surface area (Å²) in [5, 5.41) is 18.2. The number of hydrogen-bond acceptors (Lipinski definition) is 4. The molecular weight excluding hydrogens is 288 g/mol. The quantitative estimate of drug-likeness (QED) is 0.562. The van der Waals surface area contributed by atoms with E-state index < -0.39 is 0 Å². The third kappa shape index (κ3) is 5.27. The van der Waals surface area contributed by atoms with Gasteiger partial charge in [0.1, 0.15) is 0 Å². The van der Waals surface area contributed by atoms with E-state index in [1.54, 1.807) is 0 Å². The highest BCUT2D eigenvalue weighted by molar-refractivity contribution is 5.49. The summed E-state index contributed by atoms with van der Waals surface area (Å²) >= 11 is 0. The summed E-state index contributed by atoms with van der Waals surface area (Å²) in [5.41, 5.74) is 17.0. The Morgan fingerprint density at radius 2 is 1.43 bits per heavy atom. The van der Waals surface area contributed by atoms with Gasteiger partial charge in [0.15, 0.2) is 0 Å². The Hall–Kier alpha value is -2.04. The molecule has 0 bridgehead atoms. The fraction of sp³-hybridized carbons (Fsp3) is 0.368. The van der Waals surface area contributed by atoms with Crippen LogP contribution in [0.25, 0.3) is 0 Å². The van der Waals surface area contributed by atoms with Crippen molar-refractivity contribution >= 4 is 11.4 Å². The van der Waals surface area contributed by atoms with E-state index in [0.29, 0.717) is 0 Å². The topological polar surface area (TPSA) is 92.5 Å². The molecule has 0 spiro atoms. The highest BCUT2D eigenvalue weighted by Gasteiger charge is 2.07. The molecule has 124 valence electrons. The maximum absolute atomic E-state index is 9.11. The molecule has 0 aliphatic rings. The molecule has 23 heavy (non-hydrogen) atoms. The smallest absolute Gasteiger partial charge is 0.0481 e. The lowest BCUT2D eigenvalue weighted by Gasteiger charge is -2.12. The van der Waals surface area contributed by atoms with Gasteiger partial charge in [-0.05, 0) is 60.6 Å². The van der Waals surface area contributed by atoms with Crippen LogP contribution in [-0.4, -0.2) is 23.4 Å². The van der Waals surface area contributed by atoms with E-state index in [9.17, 15) is 0 Å². The Bertz CT molecular complexity index is 607. The second-order valence-corrected chi connectivity index (χ2v) is 6.04. The number of anilines is 2. The lowest BCUT2D eigenvalue weighted by molar-refractivity contribution is 0.144. The maximum Gasteiger partial charge on any atom is 0.0481 e. The lowest BCUT2D eigenvalue weighted by Crippen LogP contribution is -2.12. The molecule has 0 fully saturated rings. The molecule has 0 aliphatic carbocycles. The first-order valence-corrected chi connectivity index (χ1v) is 8.05. The van der Waals surface area contributed by atoms with E-state index >= 15 is 0 Å². The zero-order valence-corrected chi connectivity index (χ0v) is 13.4. The molecule has 0 aliphatic heterocycles. The van der Waals surface area contributed by atoms with Crippen LogP contribution in [0.2, 0.25) is 0 Å². The Labute approximate surface area is 137 Å². The lowest BCUT2D eigenvalue weighted by atomic mass is 9.97. The van der Waals surface area contributed by atoms with Crippen LogP contribution in [0.15, 0.2) is 42.5 Å². The largest absolute Gasteiger partial charge is 0.399 e. The zero-order valence-electron chi connectivity index (χ0n) is 13.4. The SMILES string of the molecule is Nc1ccc(CCc2ccc(CCC(CO)CO)cc2N)cc1. The van der Waals surface area contributed by atoms with Crippen molar-refractivity contribution in [3.63, 3.8) is 0 Å². The summed E-state index contributed by atoms with van der Waals surface area (Å²) in [6, 6.07) is 14.1. The molecule has 2 rings (SSSR count). The van der Waals surface area contributed by atoms with Crippen LogP contribution in [0.1, 0.15) is 23.1 Å². The number of nitrogens with two attached hydrogens (primary N) is 2. The highest BCUT2D eigenvalue weighted by atomic mass is 16.3. The fourth-order valence-corrected chi connectivity index (χ4v) is 2.60. The zero-order chi connectivity index (χ0) is 16.7. The van der Waals surface area contributed by atoms with Crippen molar-refractivity contribution in [3.8, 4) is 0 Å². The van der Waals surface area contributed by atoms with Gasteiger partial charge in [-0.25, -0.2) is 0 Å². The molecule has 0 amide bonds. The van der Waals surface area contributed by atoms with Crippen LogP contribution in [0.3, 0.4) is 0 Å². The van der Waals surface area contributed by atoms with Gasteiger partial charge in [-0.15, -0.1) is 0 Å². The van der Waals surface area contributed by atoms with Gasteiger partial charge in [-0.2, -0.15) is 0 Å². The van der Waals surface area contributed by atoms with Crippen molar-refractivity contribution in [2.24, 2.45) is 5.92 Å². The number of benzene rings is 2. The molecule has 0 heterocycles. The number of aliphatic hydroxyl groups excluding tert-OH is 2. The summed E-state index contributed by atoms with van der Waals surface area (Å²) in [4.78, 5) is 0. The van der Waals surface area contributed by atoms with Crippen molar-refractivity contribution < 1.29 is 10.2 Å². The molecule has 0 saturated heterocycles. The molecule has 2 aromatic rings. The summed E-state index contributed by atoms with van der Waals surface area (Å²) in [7, 11) is 0. The normalized spacial score (nSPS) is 11.1. The molecule has 4 heteroatoms. The van der Waals surface area contributed by atoms with Crippen LogP contribution in [0.5, 0.6) is 0 Å². The maximum atomic E-state index is 9.11. The van der Waals surface area contributed by atoms with Gasteiger partial charge in [0.2, 0.25) is 0 Å². The van der Waals surface area contributed by atoms with Crippen LogP contribution < -0.4 is 11.5 Å². The molecule has 0 aromatic heterocycles. The Balaban J connectivity index is 1.92. The van der Waals surface area contributed by atoms with Crippen molar-refractivity contribution in [2.75, 3.05) is 24.7 Å². The van der Waals surface area contributed by atoms with E-state index in [1.807, 2.05) is 30.3 Å². The summed E-state index contributed by atoms with van der Waals surface area (Å²) in [5.74, 6) is -0.0542. The number of rotatable bonds is 8. The molecule has 0 saturated carbocycles. The Morgan fingerprint density at radius 3 is 2.04 bits per heavy atom. The fourth-order valence-electron chi connectivity index (χ4n) is 2.60. The van der Waals surface area contributed by atoms with Gasteiger partial charge >= 0.3 is 0 Å². The molecule has 6 N–H and O–H groups in total. The van der Waals surface area contributed by atoms with Gasteiger partial charge in [0.25, 0.3) is 0 Å². The van der Waals surface area contributed by atoms with Crippen LogP contribution in [-0.2, 0) is 19.3 Å². The van der Waals surface area contributed by atoms with E-state index in [2.05, 4.69) is 12.1 Å². The van der Waals surface area contributed by atoms with E-state index in [-0.39, 0.29) is 19.1 Å².